The molecule has 0 fully saturated rings. The highest BCUT2D eigenvalue weighted by Crippen LogP contribution is 2.31. The zero-order valence-corrected chi connectivity index (χ0v) is 16.3. The van der Waals surface area contributed by atoms with Crippen molar-refractivity contribution in [2.45, 2.75) is 32.2 Å². The lowest BCUT2D eigenvalue weighted by atomic mass is 9.99. The second-order valence-electron chi connectivity index (χ2n) is 6.21. The lowest BCUT2D eigenvalue weighted by Gasteiger charge is -2.25. The maximum atomic E-state index is 6.31. The van der Waals surface area contributed by atoms with Crippen LogP contribution in [-0.4, -0.2) is 35.9 Å². The van der Waals surface area contributed by atoms with E-state index in [-0.39, 0.29) is 12.9 Å². The second kappa shape index (κ2) is 10.3. The van der Waals surface area contributed by atoms with E-state index < -0.39 is 8.32 Å². The highest BCUT2D eigenvalue weighted by Gasteiger charge is 2.24. The summed E-state index contributed by atoms with van der Waals surface area (Å²) < 4.78 is 21.9. The Morgan fingerprint density at radius 3 is 2.58 bits per heavy atom. The van der Waals surface area contributed by atoms with Crippen LogP contribution in [0.25, 0.3) is 0 Å². The number of rotatable bonds is 9. The van der Waals surface area contributed by atoms with E-state index in [2.05, 4.69) is 38.1 Å². The molecule has 0 bridgehead atoms. The predicted molar refractivity (Wildman–Crippen MR) is 99.7 cm³/mol. The van der Waals surface area contributed by atoms with Crippen molar-refractivity contribution in [2.24, 2.45) is 0 Å². The fourth-order valence-electron chi connectivity index (χ4n) is 2.22. The lowest BCUT2D eigenvalue weighted by molar-refractivity contribution is -0.0166. The highest BCUT2D eigenvalue weighted by atomic mass is 28.4. The van der Waals surface area contributed by atoms with Crippen LogP contribution in [0.4, 0.5) is 0 Å². The van der Waals surface area contributed by atoms with Gasteiger partial charge in [-0.15, -0.1) is 6.58 Å². The topological polar surface area (TPSA) is 36.9 Å². The summed E-state index contributed by atoms with van der Waals surface area (Å²) in [7, 11) is 1.47. The fraction of sp³-hybridized carbons (Fsp3) is 0.474. The van der Waals surface area contributed by atoms with Crippen molar-refractivity contribution in [3.05, 3.63) is 42.0 Å². The van der Waals surface area contributed by atoms with Crippen LogP contribution in [0.15, 0.2) is 30.9 Å². The van der Waals surface area contributed by atoms with Crippen molar-refractivity contribution in [2.75, 3.05) is 27.6 Å². The Balaban J connectivity index is 3.16. The molecule has 4 nitrogen and oxygen atoms in total. The molecule has 1 rings (SSSR count). The van der Waals surface area contributed by atoms with E-state index in [1.165, 1.54) is 0 Å². The van der Waals surface area contributed by atoms with Gasteiger partial charge in [-0.3, -0.25) is 0 Å². The van der Waals surface area contributed by atoms with E-state index in [0.29, 0.717) is 13.0 Å². The van der Waals surface area contributed by atoms with E-state index in [4.69, 9.17) is 18.6 Å². The monoisotopic (exact) mass is 348 g/mol. The first kappa shape index (κ1) is 20.5. The molecule has 0 aliphatic rings. The molecule has 132 valence electrons. The number of methoxy groups -OCH3 is 2. The summed E-state index contributed by atoms with van der Waals surface area (Å²) in [6, 6.07) is 5.95. The number of hydrogen-bond acceptors (Lipinski definition) is 4. The number of benzene rings is 1. The summed E-state index contributed by atoms with van der Waals surface area (Å²) in [6.07, 6.45) is 2.25. The van der Waals surface area contributed by atoms with Crippen LogP contribution >= 0.6 is 0 Å². The van der Waals surface area contributed by atoms with Gasteiger partial charge in [0, 0.05) is 12.7 Å². The summed E-state index contributed by atoms with van der Waals surface area (Å²) in [5, 5.41) is 0. The van der Waals surface area contributed by atoms with E-state index in [0.717, 1.165) is 16.9 Å². The Morgan fingerprint density at radius 1 is 1.25 bits per heavy atom. The molecule has 0 aliphatic carbocycles. The summed E-state index contributed by atoms with van der Waals surface area (Å²) in [6.45, 7) is 10.8. The van der Waals surface area contributed by atoms with Gasteiger partial charge in [-0.1, -0.05) is 30.0 Å². The molecule has 5 heteroatoms. The van der Waals surface area contributed by atoms with Gasteiger partial charge in [0.1, 0.15) is 25.3 Å². The quantitative estimate of drug-likeness (QED) is 0.223. The molecule has 0 amide bonds. The zero-order chi connectivity index (χ0) is 18.0. The molecule has 0 spiro atoms. The summed E-state index contributed by atoms with van der Waals surface area (Å²) in [5.74, 6) is 7.05. The summed E-state index contributed by atoms with van der Waals surface area (Å²) >= 11 is 0. The molecule has 0 aliphatic heterocycles. The maximum absolute atomic E-state index is 6.31. The fourth-order valence-corrected chi connectivity index (χ4v) is 3.11. The third-order valence-electron chi connectivity index (χ3n) is 3.10. The van der Waals surface area contributed by atoms with Crippen molar-refractivity contribution in [1.82, 2.24) is 0 Å². The van der Waals surface area contributed by atoms with Crippen molar-refractivity contribution in [1.29, 1.82) is 0 Å². The van der Waals surface area contributed by atoms with Crippen LogP contribution < -0.4 is 4.74 Å². The van der Waals surface area contributed by atoms with E-state index >= 15 is 0 Å². The molecule has 0 saturated carbocycles. The minimum absolute atomic E-state index is 0.231. The van der Waals surface area contributed by atoms with E-state index in [9.17, 15) is 0 Å². The number of allylic oxidation sites excluding steroid dienone is 1. The lowest BCUT2D eigenvalue weighted by Crippen LogP contribution is -2.28. The summed E-state index contributed by atoms with van der Waals surface area (Å²) in [5.41, 5.74) is 2.08. The van der Waals surface area contributed by atoms with Gasteiger partial charge in [-0.2, -0.15) is 0 Å². The Hall–Kier alpha value is -1.58. The van der Waals surface area contributed by atoms with Crippen LogP contribution in [0.5, 0.6) is 5.75 Å². The molecule has 1 aromatic rings. The molecule has 0 radical (unpaired) electrons. The van der Waals surface area contributed by atoms with Gasteiger partial charge in [-0.25, -0.2) is 0 Å². The highest BCUT2D eigenvalue weighted by molar-refractivity contribution is 6.69. The largest absolute Gasteiger partial charge is 0.496 e. The van der Waals surface area contributed by atoms with Gasteiger partial charge in [0.25, 0.3) is 0 Å². The molecule has 0 saturated heterocycles. The van der Waals surface area contributed by atoms with Gasteiger partial charge in [0.05, 0.1) is 7.11 Å². The molecule has 0 unspecified atom stereocenters. The molecular weight excluding hydrogens is 320 g/mol. The molecule has 0 N–H and O–H groups in total. The minimum atomic E-state index is -1.79. The molecule has 24 heavy (non-hydrogen) atoms. The van der Waals surface area contributed by atoms with Gasteiger partial charge in [0.2, 0.25) is 0 Å². The van der Waals surface area contributed by atoms with Gasteiger partial charge < -0.3 is 18.6 Å². The smallest absolute Gasteiger partial charge is 0.185 e. The molecule has 1 aromatic carbocycles. The average Bonchev–Trinajstić information content (AvgIpc) is 2.53. The number of ether oxygens (including phenoxy) is 3. The third-order valence-corrected chi connectivity index (χ3v) is 4.04. The predicted octanol–water partition coefficient (Wildman–Crippen LogP) is 3.94. The molecular formula is C19H28O4Si. The Labute approximate surface area is 146 Å². The average molecular weight is 349 g/mol. The van der Waals surface area contributed by atoms with Crippen molar-refractivity contribution in [3.8, 4) is 17.6 Å². The molecule has 0 heterocycles. The number of hydrogen-bond donors (Lipinski definition) is 0. The standard InChI is InChI=1S/C19H28O4Si/c1-7-10-16-17(11-8-12-18(16)21-3)19(23-24(4,5)6)13-9-14-22-15-20-2/h7-8,11-12,19H,1,10,14-15H2,2-6H3/t19-/m0/s1. The van der Waals surface area contributed by atoms with Crippen LogP contribution in [0.1, 0.15) is 17.2 Å². The zero-order valence-electron chi connectivity index (χ0n) is 15.3. The van der Waals surface area contributed by atoms with Gasteiger partial charge in [-0.05, 0) is 37.7 Å². The van der Waals surface area contributed by atoms with Crippen LogP contribution in [0.2, 0.25) is 19.6 Å². The SMILES string of the molecule is C=CCc1c(OC)cccc1[C@H](C#CCOCOC)O[Si](C)(C)C. The third kappa shape index (κ3) is 6.89. The van der Waals surface area contributed by atoms with Gasteiger partial charge >= 0.3 is 0 Å². The maximum Gasteiger partial charge on any atom is 0.185 e. The Morgan fingerprint density at radius 2 is 2.00 bits per heavy atom. The van der Waals surface area contributed by atoms with Crippen LogP contribution in [-0.2, 0) is 20.3 Å². The first-order chi connectivity index (χ1) is 11.4. The van der Waals surface area contributed by atoms with Crippen LogP contribution in [0, 0.1) is 11.8 Å². The van der Waals surface area contributed by atoms with Crippen LogP contribution in [0.3, 0.4) is 0 Å². The first-order valence-corrected chi connectivity index (χ1v) is 11.3. The molecule has 0 aromatic heterocycles. The van der Waals surface area contributed by atoms with Crippen molar-refractivity contribution >= 4 is 8.32 Å². The van der Waals surface area contributed by atoms with E-state index in [1.807, 2.05) is 24.3 Å². The summed E-state index contributed by atoms with van der Waals surface area (Å²) in [4.78, 5) is 0. The normalized spacial score (nSPS) is 12.2. The van der Waals surface area contributed by atoms with E-state index in [1.54, 1.807) is 14.2 Å². The van der Waals surface area contributed by atoms with Crippen molar-refractivity contribution < 1.29 is 18.6 Å². The van der Waals surface area contributed by atoms with Gasteiger partial charge in [0.15, 0.2) is 8.32 Å². The first-order valence-electron chi connectivity index (χ1n) is 7.92. The Bertz CT molecular complexity index is 581. The second-order valence-corrected chi connectivity index (χ2v) is 10.7. The van der Waals surface area contributed by atoms with Crippen molar-refractivity contribution in [3.63, 3.8) is 0 Å². The Kier molecular flexibility index (Phi) is 8.80. The minimum Gasteiger partial charge on any atom is -0.496 e. The molecule has 1 atom stereocenters.